The molecule has 2 aromatic rings. The van der Waals surface area contributed by atoms with Gasteiger partial charge in [-0.05, 0) is 38.7 Å². The smallest absolute Gasteiger partial charge is 0.252 e. The first-order valence-electron chi connectivity index (χ1n) is 8.20. The summed E-state index contributed by atoms with van der Waals surface area (Å²) in [6, 6.07) is 0. The molecule has 0 atom stereocenters. The van der Waals surface area contributed by atoms with E-state index in [2.05, 4.69) is 15.1 Å². The number of carbonyl (C=O) groups is 2. The van der Waals surface area contributed by atoms with Gasteiger partial charge in [0.05, 0.1) is 0 Å². The number of nitrogens with two attached hydrogens (primary N) is 1. The molecule has 1 saturated heterocycles. The van der Waals surface area contributed by atoms with Gasteiger partial charge < -0.3 is 10.6 Å². The van der Waals surface area contributed by atoms with Gasteiger partial charge in [-0.15, -0.1) is 0 Å². The lowest BCUT2D eigenvalue weighted by atomic mass is 9.96. The van der Waals surface area contributed by atoms with E-state index in [9.17, 15) is 9.59 Å². The van der Waals surface area contributed by atoms with Crippen LogP contribution in [0.25, 0.3) is 5.78 Å². The van der Waals surface area contributed by atoms with Crippen molar-refractivity contribution in [2.24, 2.45) is 11.7 Å². The zero-order valence-corrected chi connectivity index (χ0v) is 14.0. The number of nitrogens with zero attached hydrogens (tertiary/aromatic N) is 5. The number of rotatable bonds is 4. The Balaban J connectivity index is 1.64. The summed E-state index contributed by atoms with van der Waals surface area (Å²) in [6.45, 7) is 5.10. The molecule has 0 bridgehead atoms. The first-order valence-corrected chi connectivity index (χ1v) is 8.20. The van der Waals surface area contributed by atoms with Crippen molar-refractivity contribution in [2.45, 2.75) is 39.5 Å². The van der Waals surface area contributed by atoms with Crippen LogP contribution < -0.4 is 5.73 Å². The van der Waals surface area contributed by atoms with Crippen LogP contribution in [0.4, 0.5) is 0 Å². The monoisotopic (exact) mass is 330 g/mol. The fourth-order valence-electron chi connectivity index (χ4n) is 3.32. The minimum Gasteiger partial charge on any atom is -0.369 e. The minimum atomic E-state index is -0.263. The Bertz CT molecular complexity index is 776. The molecule has 0 radical (unpaired) electrons. The quantitative estimate of drug-likeness (QED) is 0.873. The van der Waals surface area contributed by atoms with Gasteiger partial charge in [-0.3, -0.25) is 9.59 Å². The number of carbonyl (C=O) groups excluding carboxylic acids is 2. The highest BCUT2D eigenvalue weighted by Gasteiger charge is 2.25. The summed E-state index contributed by atoms with van der Waals surface area (Å²) >= 11 is 0. The van der Waals surface area contributed by atoms with Crippen LogP contribution in [0.2, 0.25) is 0 Å². The zero-order chi connectivity index (χ0) is 17.3. The van der Waals surface area contributed by atoms with E-state index >= 15 is 0 Å². The molecule has 1 fully saturated rings. The summed E-state index contributed by atoms with van der Waals surface area (Å²) in [5.41, 5.74) is 8.22. The van der Waals surface area contributed by atoms with Gasteiger partial charge >= 0.3 is 0 Å². The third-order valence-corrected chi connectivity index (χ3v) is 4.83. The van der Waals surface area contributed by atoms with Crippen molar-refractivity contribution in [1.29, 1.82) is 0 Å². The van der Waals surface area contributed by atoms with Gasteiger partial charge in [0.1, 0.15) is 6.33 Å². The first kappa shape index (κ1) is 16.4. The molecule has 24 heavy (non-hydrogen) atoms. The van der Waals surface area contributed by atoms with Gasteiger partial charge in [-0.1, -0.05) is 0 Å². The van der Waals surface area contributed by atoms with E-state index in [4.69, 9.17) is 5.73 Å². The maximum absolute atomic E-state index is 12.4. The van der Waals surface area contributed by atoms with Crippen LogP contribution in [-0.4, -0.2) is 49.4 Å². The molecule has 3 heterocycles. The highest BCUT2D eigenvalue weighted by atomic mass is 16.2. The number of amides is 2. The maximum Gasteiger partial charge on any atom is 0.252 e. The van der Waals surface area contributed by atoms with Crippen LogP contribution in [-0.2, 0) is 16.0 Å². The van der Waals surface area contributed by atoms with E-state index in [0.29, 0.717) is 44.6 Å². The number of aryl methyl sites for hydroxylation is 2. The molecule has 8 heteroatoms. The van der Waals surface area contributed by atoms with Crippen LogP contribution in [0.5, 0.6) is 0 Å². The number of fused-ring (bicyclic) bond motifs is 1. The highest BCUT2D eigenvalue weighted by Crippen LogP contribution is 2.19. The predicted octanol–water partition coefficient (Wildman–Crippen LogP) is 0.398. The average molecular weight is 330 g/mol. The second kappa shape index (κ2) is 6.54. The first-order chi connectivity index (χ1) is 11.5. The molecule has 2 N–H and O–H groups in total. The van der Waals surface area contributed by atoms with E-state index in [0.717, 1.165) is 17.0 Å². The highest BCUT2D eigenvalue weighted by molar-refractivity contribution is 5.79. The molecule has 0 aromatic carbocycles. The molecule has 8 nitrogen and oxygen atoms in total. The van der Waals surface area contributed by atoms with Crippen LogP contribution in [0.1, 0.15) is 36.2 Å². The van der Waals surface area contributed by atoms with E-state index in [1.54, 1.807) is 4.52 Å². The van der Waals surface area contributed by atoms with Crippen molar-refractivity contribution in [3.05, 3.63) is 23.3 Å². The summed E-state index contributed by atoms with van der Waals surface area (Å²) in [7, 11) is 0. The van der Waals surface area contributed by atoms with Crippen molar-refractivity contribution >= 4 is 17.6 Å². The van der Waals surface area contributed by atoms with Crippen LogP contribution in [0, 0.1) is 19.8 Å². The standard InChI is InChI=1S/C16H22N6O2/c1-10-13(11(2)22-16(20-10)18-9-19-22)3-4-14(23)21-7-5-12(6-8-21)15(17)24/h9,12H,3-8H2,1-2H3,(H2,17,24). The molecule has 3 rings (SSSR count). The maximum atomic E-state index is 12.4. The Labute approximate surface area is 140 Å². The van der Waals surface area contributed by atoms with Gasteiger partial charge in [0.25, 0.3) is 5.78 Å². The molecule has 1 aliphatic rings. The summed E-state index contributed by atoms with van der Waals surface area (Å²) in [6.07, 6.45) is 3.84. The van der Waals surface area contributed by atoms with Crippen molar-refractivity contribution in [3.63, 3.8) is 0 Å². The number of hydrogen-bond donors (Lipinski definition) is 1. The zero-order valence-electron chi connectivity index (χ0n) is 14.0. The molecular formula is C16H22N6O2. The molecule has 0 saturated carbocycles. The van der Waals surface area contributed by atoms with Gasteiger partial charge in [-0.25, -0.2) is 9.50 Å². The molecule has 1 aliphatic heterocycles. The van der Waals surface area contributed by atoms with Crippen LogP contribution in [0.3, 0.4) is 0 Å². The van der Waals surface area contributed by atoms with Gasteiger partial charge in [0, 0.05) is 36.8 Å². The number of aromatic nitrogens is 4. The molecule has 0 aliphatic carbocycles. The Kier molecular flexibility index (Phi) is 4.46. The molecule has 0 spiro atoms. The molecule has 2 aromatic heterocycles. The summed E-state index contributed by atoms with van der Waals surface area (Å²) < 4.78 is 1.70. The summed E-state index contributed by atoms with van der Waals surface area (Å²) in [5.74, 6) is 0.321. The van der Waals surface area contributed by atoms with Crippen molar-refractivity contribution < 1.29 is 9.59 Å². The van der Waals surface area contributed by atoms with Crippen molar-refractivity contribution in [1.82, 2.24) is 24.5 Å². The van der Waals surface area contributed by atoms with E-state index in [1.165, 1.54) is 6.33 Å². The fourth-order valence-corrected chi connectivity index (χ4v) is 3.32. The van der Waals surface area contributed by atoms with Gasteiger partial charge in [0.15, 0.2) is 0 Å². The van der Waals surface area contributed by atoms with Crippen LogP contribution >= 0.6 is 0 Å². The Morgan fingerprint density at radius 2 is 2.00 bits per heavy atom. The fraction of sp³-hybridized carbons (Fsp3) is 0.562. The van der Waals surface area contributed by atoms with Gasteiger partial charge in [-0.2, -0.15) is 10.1 Å². The number of piperidine rings is 1. The van der Waals surface area contributed by atoms with Crippen molar-refractivity contribution in [2.75, 3.05) is 13.1 Å². The minimum absolute atomic E-state index is 0.0996. The topological polar surface area (TPSA) is 106 Å². The molecule has 128 valence electrons. The van der Waals surface area contributed by atoms with E-state index < -0.39 is 0 Å². The Hall–Kier alpha value is -2.51. The largest absolute Gasteiger partial charge is 0.369 e. The lowest BCUT2D eigenvalue weighted by molar-refractivity contribution is -0.134. The van der Waals surface area contributed by atoms with E-state index in [1.807, 2.05) is 18.7 Å². The SMILES string of the molecule is Cc1nc2ncnn2c(C)c1CCC(=O)N1CCC(C(N)=O)CC1. The lowest BCUT2D eigenvalue weighted by Crippen LogP contribution is -2.41. The average Bonchev–Trinajstić information content (AvgIpc) is 3.03. The third kappa shape index (κ3) is 3.08. The molecule has 0 unspecified atom stereocenters. The number of primary amides is 1. The summed E-state index contributed by atoms with van der Waals surface area (Å²) in [4.78, 5) is 34.0. The number of likely N-dealkylation sites (tertiary alicyclic amines) is 1. The molecule has 2 amide bonds. The second-order valence-electron chi connectivity index (χ2n) is 6.29. The van der Waals surface area contributed by atoms with Crippen LogP contribution in [0.15, 0.2) is 6.33 Å². The number of hydrogen-bond acceptors (Lipinski definition) is 5. The third-order valence-electron chi connectivity index (χ3n) is 4.83. The van der Waals surface area contributed by atoms with Gasteiger partial charge in [0.2, 0.25) is 11.8 Å². The second-order valence-corrected chi connectivity index (χ2v) is 6.29. The van der Waals surface area contributed by atoms with Crippen molar-refractivity contribution in [3.8, 4) is 0 Å². The Morgan fingerprint density at radius 1 is 1.29 bits per heavy atom. The lowest BCUT2D eigenvalue weighted by Gasteiger charge is -2.30. The Morgan fingerprint density at radius 3 is 2.67 bits per heavy atom. The predicted molar refractivity (Wildman–Crippen MR) is 87.1 cm³/mol. The molecular weight excluding hydrogens is 308 g/mol. The van der Waals surface area contributed by atoms with E-state index in [-0.39, 0.29) is 17.7 Å². The normalized spacial score (nSPS) is 15.8. The summed E-state index contributed by atoms with van der Waals surface area (Å²) in [5, 5.41) is 4.17.